The number of Topliss-reactive ketones (excluding diaryl/α,β-unsaturated/α-hetero) is 1. The van der Waals surface area contributed by atoms with E-state index in [1.165, 1.54) is 18.4 Å². The summed E-state index contributed by atoms with van der Waals surface area (Å²) in [4.78, 5) is 15.3. The van der Waals surface area contributed by atoms with Crippen LogP contribution in [0.2, 0.25) is 0 Å². The van der Waals surface area contributed by atoms with E-state index in [2.05, 4.69) is 4.98 Å². The minimum absolute atomic E-state index is 0.0763. The van der Waals surface area contributed by atoms with E-state index in [9.17, 15) is 4.79 Å². The van der Waals surface area contributed by atoms with E-state index in [1.807, 2.05) is 5.38 Å². The fraction of sp³-hybridized carbons (Fsp3) is 0.500. The van der Waals surface area contributed by atoms with Crippen molar-refractivity contribution in [1.82, 2.24) is 4.98 Å². The Hall–Kier alpha value is -0.740. The van der Waals surface area contributed by atoms with E-state index in [1.54, 1.807) is 13.1 Å². The van der Waals surface area contributed by atoms with Crippen molar-refractivity contribution in [1.29, 1.82) is 0 Å². The van der Waals surface area contributed by atoms with Crippen molar-refractivity contribution in [2.24, 2.45) is 0 Å². The second-order valence-corrected chi connectivity index (χ2v) is 3.43. The topological polar surface area (TPSA) is 39.2 Å². The molecule has 0 amide bonds. The lowest BCUT2D eigenvalue weighted by molar-refractivity contribution is -0.127. The standard InChI is InChI=1S/C8H11NO2S/c1-6(11-2)7(10)5-8-9-3-4-12-8/h3-4,6H,5H2,1-2H3. The highest BCUT2D eigenvalue weighted by molar-refractivity contribution is 7.09. The van der Waals surface area contributed by atoms with Gasteiger partial charge in [-0.25, -0.2) is 4.98 Å². The van der Waals surface area contributed by atoms with Gasteiger partial charge in [-0.3, -0.25) is 4.79 Å². The maximum absolute atomic E-state index is 11.3. The van der Waals surface area contributed by atoms with E-state index in [4.69, 9.17) is 4.74 Å². The van der Waals surface area contributed by atoms with Gasteiger partial charge in [0.2, 0.25) is 0 Å². The zero-order valence-corrected chi connectivity index (χ0v) is 7.93. The van der Waals surface area contributed by atoms with Crippen molar-refractivity contribution in [2.45, 2.75) is 19.4 Å². The summed E-state index contributed by atoms with van der Waals surface area (Å²) in [5, 5.41) is 2.71. The van der Waals surface area contributed by atoms with E-state index in [0.717, 1.165) is 5.01 Å². The molecular formula is C8H11NO2S. The first kappa shape index (κ1) is 9.35. The normalized spacial score (nSPS) is 12.8. The first-order valence-electron chi connectivity index (χ1n) is 3.68. The first-order chi connectivity index (χ1) is 5.74. The summed E-state index contributed by atoms with van der Waals surface area (Å²) in [5.74, 6) is 0.0763. The number of ether oxygens (including phenoxy) is 1. The molecule has 0 saturated carbocycles. The van der Waals surface area contributed by atoms with Crippen molar-refractivity contribution in [3.8, 4) is 0 Å². The third-order valence-electron chi connectivity index (χ3n) is 1.62. The Labute approximate surface area is 75.4 Å². The Morgan fingerprint density at radius 1 is 1.83 bits per heavy atom. The number of carbonyl (C=O) groups is 1. The van der Waals surface area contributed by atoms with Crippen LogP contribution in [0.1, 0.15) is 11.9 Å². The number of carbonyl (C=O) groups excluding carboxylic acids is 1. The molecule has 1 aromatic heterocycles. The molecule has 0 N–H and O–H groups in total. The van der Waals surface area contributed by atoms with E-state index >= 15 is 0 Å². The maximum Gasteiger partial charge on any atom is 0.168 e. The lowest BCUT2D eigenvalue weighted by Crippen LogP contribution is -2.20. The molecule has 0 aliphatic carbocycles. The summed E-state index contributed by atoms with van der Waals surface area (Å²) in [6.45, 7) is 1.75. The summed E-state index contributed by atoms with van der Waals surface area (Å²) in [6.07, 6.45) is 1.76. The van der Waals surface area contributed by atoms with Gasteiger partial charge in [0.1, 0.15) is 6.10 Å². The second-order valence-electron chi connectivity index (χ2n) is 2.45. The molecule has 4 heteroatoms. The van der Waals surface area contributed by atoms with Crippen LogP contribution >= 0.6 is 11.3 Å². The largest absolute Gasteiger partial charge is 0.374 e. The van der Waals surface area contributed by atoms with Gasteiger partial charge in [0.05, 0.1) is 11.4 Å². The number of ketones is 1. The molecular weight excluding hydrogens is 174 g/mol. The van der Waals surface area contributed by atoms with E-state index in [-0.39, 0.29) is 11.9 Å². The predicted molar refractivity (Wildman–Crippen MR) is 47.3 cm³/mol. The fourth-order valence-corrected chi connectivity index (χ4v) is 1.39. The van der Waals surface area contributed by atoms with E-state index < -0.39 is 0 Å². The molecule has 12 heavy (non-hydrogen) atoms. The monoisotopic (exact) mass is 185 g/mol. The van der Waals surface area contributed by atoms with Crippen molar-refractivity contribution in [3.63, 3.8) is 0 Å². The average Bonchev–Trinajstić information content (AvgIpc) is 2.55. The highest BCUT2D eigenvalue weighted by Crippen LogP contribution is 2.06. The van der Waals surface area contributed by atoms with Gasteiger partial charge < -0.3 is 4.74 Å². The molecule has 0 aromatic carbocycles. The van der Waals surface area contributed by atoms with Crippen LogP contribution in [0.25, 0.3) is 0 Å². The minimum atomic E-state index is -0.325. The number of methoxy groups -OCH3 is 1. The lowest BCUT2D eigenvalue weighted by Gasteiger charge is -2.05. The van der Waals surface area contributed by atoms with Crippen LogP contribution in [-0.2, 0) is 16.0 Å². The Bertz CT molecular complexity index is 246. The molecule has 0 spiro atoms. The van der Waals surface area contributed by atoms with Crippen LogP contribution in [0.15, 0.2) is 11.6 Å². The SMILES string of the molecule is COC(C)C(=O)Cc1nccs1. The number of rotatable bonds is 4. The zero-order chi connectivity index (χ0) is 8.97. The molecule has 1 atom stereocenters. The first-order valence-corrected chi connectivity index (χ1v) is 4.56. The fourth-order valence-electron chi connectivity index (χ4n) is 0.764. The van der Waals surface area contributed by atoms with Crippen LogP contribution < -0.4 is 0 Å². The Balaban J connectivity index is 2.47. The van der Waals surface area contributed by atoms with Crippen molar-refractivity contribution in [2.75, 3.05) is 7.11 Å². The smallest absolute Gasteiger partial charge is 0.168 e. The second kappa shape index (κ2) is 4.33. The summed E-state index contributed by atoms with van der Waals surface area (Å²) in [7, 11) is 1.53. The van der Waals surface area contributed by atoms with Gasteiger partial charge in [0.15, 0.2) is 5.78 Å². The minimum Gasteiger partial charge on any atom is -0.374 e. The van der Waals surface area contributed by atoms with Crippen LogP contribution in [0.5, 0.6) is 0 Å². The molecule has 1 unspecified atom stereocenters. The third-order valence-corrected chi connectivity index (χ3v) is 2.40. The summed E-state index contributed by atoms with van der Waals surface area (Å²) >= 11 is 1.49. The van der Waals surface area contributed by atoms with Crippen LogP contribution in [0.3, 0.4) is 0 Å². The highest BCUT2D eigenvalue weighted by Gasteiger charge is 2.12. The Morgan fingerprint density at radius 2 is 2.58 bits per heavy atom. The molecule has 66 valence electrons. The van der Waals surface area contributed by atoms with Crippen LogP contribution in [0, 0.1) is 0 Å². The zero-order valence-electron chi connectivity index (χ0n) is 7.11. The molecule has 0 fully saturated rings. The molecule has 1 rings (SSSR count). The van der Waals surface area contributed by atoms with Gasteiger partial charge in [-0.15, -0.1) is 11.3 Å². The molecule has 0 saturated heterocycles. The van der Waals surface area contributed by atoms with Gasteiger partial charge in [0, 0.05) is 18.7 Å². The predicted octanol–water partition coefficient (Wildman–Crippen LogP) is 1.29. The van der Waals surface area contributed by atoms with Crippen molar-refractivity contribution in [3.05, 3.63) is 16.6 Å². The quantitative estimate of drug-likeness (QED) is 0.709. The van der Waals surface area contributed by atoms with Gasteiger partial charge in [-0.1, -0.05) is 0 Å². The number of hydrogen-bond donors (Lipinski definition) is 0. The van der Waals surface area contributed by atoms with Crippen LogP contribution in [0.4, 0.5) is 0 Å². The molecule has 1 aromatic rings. The number of aromatic nitrogens is 1. The summed E-state index contributed by atoms with van der Waals surface area (Å²) in [5.41, 5.74) is 0. The van der Waals surface area contributed by atoms with Gasteiger partial charge in [-0.2, -0.15) is 0 Å². The third kappa shape index (κ3) is 2.39. The lowest BCUT2D eigenvalue weighted by atomic mass is 10.2. The summed E-state index contributed by atoms with van der Waals surface area (Å²) in [6, 6.07) is 0. The van der Waals surface area contributed by atoms with Crippen molar-refractivity contribution >= 4 is 17.1 Å². The van der Waals surface area contributed by atoms with Gasteiger partial charge in [-0.05, 0) is 6.92 Å². The maximum atomic E-state index is 11.3. The molecule has 0 aliphatic heterocycles. The van der Waals surface area contributed by atoms with Crippen molar-refractivity contribution < 1.29 is 9.53 Å². The molecule has 3 nitrogen and oxygen atoms in total. The van der Waals surface area contributed by atoms with Gasteiger partial charge in [0.25, 0.3) is 0 Å². The van der Waals surface area contributed by atoms with E-state index in [0.29, 0.717) is 6.42 Å². The molecule has 0 radical (unpaired) electrons. The Kier molecular flexibility index (Phi) is 3.37. The number of hydrogen-bond acceptors (Lipinski definition) is 4. The molecule has 1 heterocycles. The Morgan fingerprint density at radius 3 is 3.08 bits per heavy atom. The highest BCUT2D eigenvalue weighted by atomic mass is 32.1. The molecule has 0 bridgehead atoms. The number of nitrogens with zero attached hydrogens (tertiary/aromatic N) is 1. The average molecular weight is 185 g/mol. The number of thiazole rings is 1. The molecule has 0 aliphatic rings. The summed E-state index contributed by atoms with van der Waals surface area (Å²) < 4.78 is 4.89. The van der Waals surface area contributed by atoms with Crippen LogP contribution in [-0.4, -0.2) is 24.0 Å². The van der Waals surface area contributed by atoms with Gasteiger partial charge >= 0.3 is 0 Å².